The minimum atomic E-state index is -0.506. The molecule has 0 aromatic heterocycles. The highest BCUT2D eigenvalue weighted by molar-refractivity contribution is 6.45. The summed E-state index contributed by atoms with van der Waals surface area (Å²) in [5.74, 6) is -1.01. The summed E-state index contributed by atoms with van der Waals surface area (Å²) < 4.78 is 26.9. The van der Waals surface area contributed by atoms with Crippen LogP contribution in [0.25, 0.3) is 0 Å². The largest absolute Gasteiger partial charge is 0.437 e. The van der Waals surface area contributed by atoms with Crippen LogP contribution in [0.15, 0.2) is 18.2 Å². The summed E-state index contributed by atoms with van der Waals surface area (Å²) in [7, 11) is -0.426. The van der Waals surface area contributed by atoms with Crippen molar-refractivity contribution in [3.05, 3.63) is 35.4 Å². The molecule has 3 nitrogen and oxygen atoms in total. The predicted molar refractivity (Wildman–Crippen MR) is 71.6 cm³/mol. The van der Waals surface area contributed by atoms with Gasteiger partial charge in [-0.1, -0.05) is 6.07 Å². The highest BCUT2D eigenvalue weighted by Crippen LogP contribution is 2.15. The highest BCUT2D eigenvalue weighted by atomic mass is 19.1. The standard InChI is InChI=1S/C13H19BF2N2O/c1-14(19)18-7-5-10(6-8-18)17-9-11-12(15)3-2-4-13(11)16/h2-4,10,17,19H,5-9H2,1H3. The summed E-state index contributed by atoms with van der Waals surface area (Å²) in [6, 6.07) is 4.16. The maximum atomic E-state index is 13.5. The van der Waals surface area contributed by atoms with E-state index < -0.39 is 18.7 Å². The van der Waals surface area contributed by atoms with Crippen LogP contribution < -0.4 is 5.32 Å². The lowest BCUT2D eigenvalue weighted by Crippen LogP contribution is -2.47. The van der Waals surface area contributed by atoms with Gasteiger partial charge in [0.1, 0.15) is 11.6 Å². The number of rotatable bonds is 4. The molecule has 0 atom stereocenters. The molecule has 1 aliphatic rings. The van der Waals surface area contributed by atoms with Gasteiger partial charge in [0, 0.05) is 18.2 Å². The lowest BCUT2D eigenvalue weighted by atomic mass is 9.82. The van der Waals surface area contributed by atoms with Crippen LogP contribution in [-0.4, -0.2) is 36.0 Å². The van der Waals surface area contributed by atoms with Gasteiger partial charge < -0.3 is 15.2 Å². The quantitative estimate of drug-likeness (QED) is 0.815. The molecule has 0 bridgehead atoms. The van der Waals surface area contributed by atoms with Gasteiger partial charge in [-0.25, -0.2) is 8.78 Å². The van der Waals surface area contributed by atoms with Crippen LogP contribution in [0.2, 0.25) is 6.82 Å². The first-order chi connectivity index (χ1) is 9.08. The third-order valence-corrected chi connectivity index (χ3v) is 3.69. The molecule has 0 radical (unpaired) electrons. The maximum absolute atomic E-state index is 13.5. The van der Waals surface area contributed by atoms with Gasteiger partial charge in [-0.2, -0.15) is 0 Å². The van der Waals surface area contributed by atoms with Crippen molar-refractivity contribution in [2.45, 2.75) is 32.3 Å². The SMILES string of the molecule is CB(O)N1CCC(NCc2c(F)cccc2F)CC1. The molecule has 1 fully saturated rings. The summed E-state index contributed by atoms with van der Waals surface area (Å²) in [4.78, 5) is 1.99. The number of benzene rings is 1. The molecule has 1 aliphatic heterocycles. The second kappa shape index (κ2) is 6.46. The van der Waals surface area contributed by atoms with E-state index >= 15 is 0 Å². The summed E-state index contributed by atoms with van der Waals surface area (Å²) in [5.41, 5.74) is 0.0976. The first-order valence-corrected chi connectivity index (χ1v) is 6.66. The number of hydrogen-bond acceptors (Lipinski definition) is 3. The van der Waals surface area contributed by atoms with Crippen molar-refractivity contribution in [3.8, 4) is 0 Å². The van der Waals surface area contributed by atoms with Crippen molar-refractivity contribution in [2.75, 3.05) is 13.1 Å². The van der Waals surface area contributed by atoms with Crippen molar-refractivity contribution >= 4 is 7.05 Å². The average Bonchev–Trinajstić information content (AvgIpc) is 2.38. The van der Waals surface area contributed by atoms with Gasteiger partial charge in [-0.15, -0.1) is 0 Å². The van der Waals surface area contributed by atoms with E-state index in [0.29, 0.717) is 0 Å². The minimum absolute atomic E-state index is 0.0976. The summed E-state index contributed by atoms with van der Waals surface area (Å²) >= 11 is 0. The Labute approximate surface area is 112 Å². The van der Waals surface area contributed by atoms with Gasteiger partial charge in [0.2, 0.25) is 0 Å². The number of piperidine rings is 1. The zero-order chi connectivity index (χ0) is 13.8. The Balaban J connectivity index is 1.84. The van der Waals surface area contributed by atoms with Crippen LogP contribution in [0, 0.1) is 11.6 Å². The van der Waals surface area contributed by atoms with E-state index in [0.717, 1.165) is 25.9 Å². The zero-order valence-electron chi connectivity index (χ0n) is 11.1. The van der Waals surface area contributed by atoms with Crippen molar-refractivity contribution in [1.82, 2.24) is 10.1 Å². The summed E-state index contributed by atoms with van der Waals surface area (Å²) in [6.07, 6.45) is 1.75. The van der Waals surface area contributed by atoms with Crippen molar-refractivity contribution in [1.29, 1.82) is 0 Å². The normalized spacial score (nSPS) is 17.7. The average molecular weight is 268 g/mol. The molecule has 1 saturated heterocycles. The van der Waals surface area contributed by atoms with Gasteiger partial charge in [0.05, 0.1) is 0 Å². The molecular formula is C13H19BF2N2O. The molecule has 1 aromatic rings. The van der Waals surface area contributed by atoms with Crippen LogP contribution in [0.5, 0.6) is 0 Å². The van der Waals surface area contributed by atoms with E-state index in [1.54, 1.807) is 6.82 Å². The third-order valence-electron chi connectivity index (χ3n) is 3.69. The first kappa shape index (κ1) is 14.4. The lowest BCUT2D eigenvalue weighted by Gasteiger charge is -2.33. The molecule has 2 N–H and O–H groups in total. The van der Waals surface area contributed by atoms with E-state index in [2.05, 4.69) is 5.32 Å². The van der Waals surface area contributed by atoms with Crippen LogP contribution in [-0.2, 0) is 6.54 Å². The lowest BCUT2D eigenvalue weighted by molar-refractivity contribution is 0.264. The van der Waals surface area contributed by atoms with Crippen LogP contribution in [0.4, 0.5) is 8.78 Å². The number of halogens is 2. The van der Waals surface area contributed by atoms with Gasteiger partial charge >= 0.3 is 7.05 Å². The van der Waals surface area contributed by atoms with Gasteiger partial charge in [0.25, 0.3) is 0 Å². The molecule has 1 heterocycles. The topological polar surface area (TPSA) is 35.5 Å². The van der Waals surface area contributed by atoms with Gasteiger partial charge in [0.15, 0.2) is 0 Å². The molecule has 0 unspecified atom stereocenters. The summed E-state index contributed by atoms with van der Waals surface area (Å²) in [6.45, 7) is 3.56. The molecular weight excluding hydrogens is 249 g/mol. The first-order valence-electron chi connectivity index (χ1n) is 6.66. The molecule has 0 amide bonds. The molecule has 0 spiro atoms. The minimum Gasteiger partial charge on any atom is -0.437 e. The molecule has 6 heteroatoms. The fourth-order valence-corrected chi connectivity index (χ4v) is 2.42. The number of nitrogens with zero attached hydrogens (tertiary/aromatic N) is 1. The van der Waals surface area contributed by atoms with Crippen LogP contribution in [0.3, 0.4) is 0 Å². The Morgan fingerprint density at radius 2 is 1.89 bits per heavy atom. The predicted octanol–water partition coefficient (Wildman–Crippen LogP) is 1.63. The highest BCUT2D eigenvalue weighted by Gasteiger charge is 2.23. The molecule has 104 valence electrons. The molecule has 0 aliphatic carbocycles. The smallest absolute Gasteiger partial charge is 0.376 e. The molecule has 2 rings (SSSR count). The number of nitrogens with one attached hydrogen (secondary N) is 1. The second-order valence-electron chi connectivity index (χ2n) is 5.02. The van der Waals surface area contributed by atoms with Crippen LogP contribution in [0.1, 0.15) is 18.4 Å². The Morgan fingerprint density at radius 1 is 1.32 bits per heavy atom. The molecule has 19 heavy (non-hydrogen) atoms. The van der Waals surface area contributed by atoms with E-state index in [4.69, 9.17) is 0 Å². The Hall–Kier alpha value is -0.975. The fourth-order valence-electron chi connectivity index (χ4n) is 2.42. The second-order valence-corrected chi connectivity index (χ2v) is 5.02. The Bertz CT molecular complexity index is 403. The summed E-state index contributed by atoms with van der Waals surface area (Å²) in [5, 5.41) is 12.6. The van der Waals surface area contributed by atoms with Gasteiger partial charge in [-0.3, -0.25) is 0 Å². The van der Waals surface area contributed by atoms with Crippen molar-refractivity contribution in [3.63, 3.8) is 0 Å². The van der Waals surface area contributed by atoms with Crippen molar-refractivity contribution < 1.29 is 13.8 Å². The third kappa shape index (κ3) is 3.75. The van der Waals surface area contributed by atoms with E-state index in [1.165, 1.54) is 18.2 Å². The monoisotopic (exact) mass is 268 g/mol. The van der Waals surface area contributed by atoms with Gasteiger partial charge in [-0.05, 0) is 44.9 Å². The van der Waals surface area contributed by atoms with E-state index in [9.17, 15) is 13.8 Å². The van der Waals surface area contributed by atoms with E-state index in [-0.39, 0.29) is 18.2 Å². The Kier molecular flexibility index (Phi) is 4.90. The molecule has 0 saturated carbocycles. The number of hydrogen-bond donors (Lipinski definition) is 2. The zero-order valence-corrected chi connectivity index (χ0v) is 11.1. The molecule has 1 aromatic carbocycles. The Morgan fingerprint density at radius 3 is 2.42 bits per heavy atom. The van der Waals surface area contributed by atoms with E-state index in [1.807, 2.05) is 4.81 Å². The maximum Gasteiger partial charge on any atom is 0.376 e. The fraction of sp³-hybridized carbons (Fsp3) is 0.538. The van der Waals surface area contributed by atoms with Crippen molar-refractivity contribution in [2.24, 2.45) is 0 Å². The van der Waals surface area contributed by atoms with Crippen LogP contribution >= 0.6 is 0 Å².